The van der Waals surface area contributed by atoms with Gasteiger partial charge in [0.25, 0.3) is 15.9 Å². The molecule has 1 unspecified atom stereocenters. The average molecular weight is 462 g/mol. The number of carbonyl (C=O) groups excluding carboxylic acids is 1. The van der Waals surface area contributed by atoms with E-state index in [9.17, 15) is 13.2 Å². The van der Waals surface area contributed by atoms with Gasteiger partial charge < -0.3 is 19.3 Å². The molecule has 2 aromatic rings. The maximum absolute atomic E-state index is 12.9. The number of rotatable bonds is 9. The van der Waals surface area contributed by atoms with Gasteiger partial charge in [0.2, 0.25) is 0 Å². The second kappa shape index (κ2) is 10.3. The highest BCUT2D eigenvalue weighted by Crippen LogP contribution is 2.25. The highest BCUT2D eigenvalue weighted by atomic mass is 32.2. The molecule has 3 rings (SSSR count). The third kappa shape index (κ3) is 5.59. The minimum Gasteiger partial charge on any atom is -0.484 e. The summed E-state index contributed by atoms with van der Waals surface area (Å²) in [6, 6.07) is 13.7. The number of sulfonamides is 1. The van der Waals surface area contributed by atoms with Gasteiger partial charge in [-0.3, -0.25) is 9.10 Å². The molecule has 174 valence electrons. The van der Waals surface area contributed by atoms with Crippen LogP contribution in [-0.4, -0.2) is 78.1 Å². The first-order valence-electron chi connectivity index (χ1n) is 10.5. The van der Waals surface area contributed by atoms with Crippen molar-refractivity contribution in [3.63, 3.8) is 0 Å². The predicted molar refractivity (Wildman–Crippen MR) is 123 cm³/mol. The smallest absolute Gasteiger partial charge is 0.264 e. The zero-order chi connectivity index (χ0) is 23.3. The Morgan fingerprint density at radius 2 is 1.72 bits per heavy atom. The summed E-state index contributed by atoms with van der Waals surface area (Å²) in [5.41, 5.74) is 1.40. The summed E-state index contributed by atoms with van der Waals surface area (Å²) in [6.07, 6.45) is 0.962. The quantitative estimate of drug-likeness (QED) is 0.570. The molecule has 0 N–H and O–H groups in total. The van der Waals surface area contributed by atoms with E-state index in [2.05, 4.69) is 4.90 Å². The maximum atomic E-state index is 12.9. The van der Waals surface area contributed by atoms with Crippen LogP contribution in [0.2, 0.25) is 0 Å². The van der Waals surface area contributed by atoms with Gasteiger partial charge >= 0.3 is 0 Å². The summed E-state index contributed by atoms with van der Waals surface area (Å²) in [5.74, 6) is 0.468. The van der Waals surface area contributed by atoms with Crippen LogP contribution in [0.25, 0.3) is 0 Å². The lowest BCUT2D eigenvalue weighted by molar-refractivity contribution is -0.132. The van der Waals surface area contributed by atoms with Gasteiger partial charge in [-0.15, -0.1) is 0 Å². The number of nitrogens with zero attached hydrogens (tertiary/aromatic N) is 3. The highest BCUT2D eigenvalue weighted by Gasteiger charge is 2.27. The van der Waals surface area contributed by atoms with E-state index in [-0.39, 0.29) is 17.4 Å². The molecule has 0 aromatic heterocycles. The molecular formula is C23H31N3O5S. The molecule has 0 radical (unpaired) electrons. The van der Waals surface area contributed by atoms with Crippen molar-refractivity contribution in [2.24, 2.45) is 0 Å². The largest absolute Gasteiger partial charge is 0.484 e. The van der Waals surface area contributed by atoms with E-state index in [4.69, 9.17) is 9.47 Å². The Morgan fingerprint density at radius 1 is 1.06 bits per heavy atom. The van der Waals surface area contributed by atoms with Crippen molar-refractivity contribution in [3.8, 4) is 5.75 Å². The number of likely N-dealkylation sites (tertiary alicyclic amines) is 1. The molecule has 0 spiro atoms. The molecule has 1 atom stereocenters. The fourth-order valence-corrected chi connectivity index (χ4v) is 4.80. The predicted octanol–water partition coefficient (Wildman–Crippen LogP) is 2.20. The summed E-state index contributed by atoms with van der Waals surface area (Å²) in [7, 11) is 3.44. The van der Waals surface area contributed by atoms with Crippen LogP contribution in [0.5, 0.6) is 5.75 Å². The molecule has 1 saturated heterocycles. The first kappa shape index (κ1) is 24.0. The van der Waals surface area contributed by atoms with Crippen LogP contribution in [0.1, 0.15) is 12.0 Å². The minimum atomic E-state index is -3.70. The van der Waals surface area contributed by atoms with Crippen LogP contribution >= 0.6 is 0 Å². The Kier molecular flexibility index (Phi) is 7.76. The van der Waals surface area contributed by atoms with Crippen molar-refractivity contribution in [3.05, 3.63) is 54.1 Å². The summed E-state index contributed by atoms with van der Waals surface area (Å²) >= 11 is 0. The van der Waals surface area contributed by atoms with Crippen LogP contribution in [0.15, 0.2) is 53.4 Å². The molecule has 2 aromatic carbocycles. The number of carbonyl (C=O) groups is 1. The van der Waals surface area contributed by atoms with Crippen LogP contribution < -0.4 is 9.04 Å². The second-order valence-corrected chi connectivity index (χ2v) is 10.0. The third-order valence-electron chi connectivity index (χ3n) is 5.70. The summed E-state index contributed by atoms with van der Waals surface area (Å²) in [5, 5.41) is 0. The van der Waals surface area contributed by atoms with Crippen molar-refractivity contribution in [2.45, 2.75) is 24.0 Å². The molecule has 1 amide bonds. The topological polar surface area (TPSA) is 79.4 Å². The van der Waals surface area contributed by atoms with Gasteiger partial charge in [-0.25, -0.2) is 8.42 Å². The number of methoxy groups -OCH3 is 1. The maximum Gasteiger partial charge on any atom is 0.264 e. The molecule has 1 aliphatic heterocycles. The standard InChI is InChI=1S/C23H31N3O5S/c1-24(2)20-13-14-26(15-20)23(27)17-31-21-9-7-19(8-10-21)25(3)32(28,29)22-11-5-18(6-12-22)16-30-4/h5-12,20H,13-17H2,1-4H3. The van der Waals surface area contributed by atoms with E-state index in [0.29, 0.717) is 30.6 Å². The van der Waals surface area contributed by atoms with Gasteiger partial charge in [0.05, 0.1) is 17.2 Å². The zero-order valence-electron chi connectivity index (χ0n) is 19.0. The van der Waals surface area contributed by atoms with Crippen LogP contribution in [0.4, 0.5) is 5.69 Å². The summed E-state index contributed by atoms with van der Waals surface area (Å²) in [4.78, 5) is 16.6. The van der Waals surface area contributed by atoms with E-state index in [0.717, 1.165) is 18.5 Å². The van der Waals surface area contributed by atoms with E-state index in [1.165, 1.54) is 11.4 Å². The van der Waals surface area contributed by atoms with Gasteiger partial charge in [-0.05, 0) is 62.5 Å². The van der Waals surface area contributed by atoms with Crippen LogP contribution in [0.3, 0.4) is 0 Å². The molecule has 0 aliphatic carbocycles. The average Bonchev–Trinajstić information content (AvgIpc) is 3.29. The van der Waals surface area contributed by atoms with Crippen LogP contribution in [-0.2, 0) is 26.2 Å². The summed E-state index contributed by atoms with van der Waals surface area (Å²) in [6.45, 7) is 1.83. The Morgan fingerprint density at radius 3 is 2.28 bits per heavy atom. The minimum absolute atomic E-state index is 0.0402. The number of anilines is 1. The number of benzene rings is 2. The van der Waals surface area contributed by atoms with E-state index < -0.39 is 10.0 Å². The van der Waals surface area contributed by atoms with E-state index in [1.807, 2.05) is 19.0 Å². The molecule has 32 heavy (non-hydrogen) atoms. The fraction of sp³-hybridized carbons (Fsp3) is 0.435. The van der Waals surface area contributed by atoms with Crippen molar-refractivity contribution in [2.75, 3.05) is 52.3 Å². The molecular weight excluding hydrogens is 430 g/mol. The molecule has 9 heteroatoms. The molecule has 0 bridgehead atoms. The zero-order valence-corrected chi connectivity index (χ0v) is 19.8. The number of ether oxygens (including phenoxy) is 2. The van der Waals surface area contributed by atoms with Crippen molar-refractivity contribution in [1.82, 2.24) is 9.80 Å². The van der Waals surface area contributed by atoms with Gasteiger partial charge in [0.1, 0.15) is 5.75 Å². The Hall–Kier alpha value is -2.62. The molecule has 0 saturated carbocycles. The van der Waals surface area contributed by atoms with Crippen molar-refractivity contribution >= 4 is 21.6 Å². The number of hydrogen-bond acceptors (Lipinski definition) is 6. The van der Waals surface area contributed by atoms with Crippen LogP contribution in [0, 0.1) is 0 Å². The monoisotopic (exact) mass is 461 g/mol. The molecule has 1 fully saturated rings. The number of amides is 1. The van der Waals surface area contributed by atoms with Gasteiger partial charge in [0, 0.05) is 33.3 Å². The lowest BCUT2D eigenvalue weighted by Crippen LogP contribution is -2.36. The van der Waals surface area contributed by atoms with Gasteiger partial charge in [-0.2, -0.15) is 0 Å². The molecule has 1 heterocycles. The second-order valence-electron chi connectivity index (χ2n) is 8.08. The van der Waals surface area contributed by atoms with E-state index >= 15 is 0 Å². The lowest BCUT2D eigenvalue weighted by atomic mass is 10.2. The number of likely N-dealkylation sites (N-methyl/N-ethyl adjacent to an activating group) is 1. The third-order valence-corrected chi connectivity index (χ3v) is 7.50. The van der Waals surface area contributed by atoms with E-state index in [1.54, 1.807) is 55.6 Å². The Labute approximate surface area is 190 Å². The molecule has 8 nitrogen and oxygen atoms in total. The SMILES string of the molecule is COCc1ccc(S(=O)(=O)N(C)c2ccc(OCC(=O)N3CCC(N(C)C)C3)cc2)cc1. The number of hydrogen-bond donors (Lipinski definition) is 0. The molecule has 1 aliphatic rings. The van der Waals surface area contributed by atoms with Crippen molar-refractivity contribution in [1.29, 1.82) is 0 Å². The first-order valence-corrected chi connectivity index (χ1v) is 11.9. The van der Waals surface area contributed by atoms with Crippen molar-refractivity contribution < 1.29 is 22.7 Å². The Bertz CT molecular complexity index is 1010. The first-order chi connectivity index (χ1) is 15.2. The highest BCUT2D eigenvalue weighted by molar-refractivity contribution is 7.92. The van der Waals surface area contributed by atoms with Gasteiger partial charge in [0.15, 0.2) is 6.61 Å². The fourth-order valence-electron chi connectivity index (χ4n) is 3.60. The lowest BCUT2D eigenvalue weighted by Gasteiger charge is -2.21. The normalized spacial score (nSPS) is 16.4. The summed E-state index contributed by atoms with van der Waals surface area (Å²) < 4.78 is 37.8. The Balaban J connectivity index is 1.59. The van der Waals surface area contributed by atoms with Gasteiger partial charge in [-0.1, -0.05) is 12.1 Å².